The minimum atomic E-state index is -0.269. The van der Waals surface area contributed by atoms with Crippen LogP contribution in [0.2, 0.25) is 5.02 Å². The van der Waals surface area contributed by atoms with Crippen molar-refractivity contribution >= 4 is 39.3 Å². The van der Waals surface area contributed by atoms with E-state index in [0.29, 0.717) is 16.4 Å². The lowest BCUT2D eigenvalue weighted by Gasteiger charge is -2.05. The van der Waals surface area contributed by atoms with Crippen LogP contribution in [0.1, 0.15) is 15.9 Å². The Morgan fingerprint density at radius 3 is 2.88 bits per heavy atom. The zero-order chi connectivity index (χ0) is 12.4. The Morgan fingerprint density at radius 2 is 2.29 bits per heavy atom. The highest BCUT2D eigenvalue weighted by Crippen LogP contribution is 2.22. The van der Waals surface area contributed by atoms with E-state index in [-0.39, 0.29) is 5.91 Å². The summed E-state index contributed by atoms with van der Waals surface area (Å²) in [7, 11) is 0. The van der Waals surface area contributed by atoms with Crippen LogP contribution < -0.4 is 5.32 Å². The number of rotatable bonds is 2. The minimum absolute atomic E-state index is 0.269. The van der Waals surface area contributed by atoms with Crippen molar-refractivity contribution in [2.24, 2.45) is 0 Å². The molecule has 0 unspecified atom stereocenters. The van der Waals surface area contributed by atoms with Crippen molar-refractivity contribution in [3.63, 3.8) is 0 Å². The summed E-state index contributed by atoms with van der Waals surface area (Å²) in [6.45, 7) is 1.85. The van der Waals surface area contributed by atoms with E-state index in [0.717, 1.165) is 10.0 Å². The number of H-pyrrole nitrogens is 1. The SMILES string of the molecule is Cc1cn[nH]c1NC(=O)c1ccc(Br)cc1Cl. The van der Waals surface area contributed by atoms with E-state index in [2.05, 4.69) is 31.4 Å². The summed E-state index contributed by atoms with van der Waals surface area (Å²) in [5, 5.41) is 9.63. The molecule has 1 aromatic carbocycles. The van der Waals surface area contributed by atoms with E-state index in [1.54, 1.807) is 24.4 Å². The molecule has 0 aliphatic carbocycles. The maximum Gasteiger partial charge on any atom is 0.258 e. The molecule has 4 nitrogen and oxygen atoms in total. The van der Waals surface area contributed by atoms with E-state index in [1.807, 2.05) is 6.92 Å². The molecular formula is C11H9BrClN3O. The molecule has 88 valence electrons. The fourth-order valence-electron chi connectivity index (χ4n) is 1.33. The van der Waals surface area contributed by atoms with Crippen molar-refractivity contribution in [3.05, 3.63) is 45.0 Å². The fraction of sp³-hybridized carbons (Fsp3) is 0.0909. The van der Waals surface area contributed by atoms with Crippen LogP contribution in [-0.2, 0) is 0 Å². The lowest BCUT2D eigenvalue weighted by atomic mass is 10.2. The van der Waals surface area contributed by atoms with Gasteiger partial charge in [-0.3, -0.25) is 9.89 Å². The van der Waals surface area contributed by atoms with Crippen LogP contribution in [0.15, 0.2) is 28.9 Å². The van der Waals surface area contributed by atoms with Crippen molar-refractivity contribution < 1.29 is 4.79 Å². The highest BCUT2D eigenvalue weighted by molar-refractivity contribution is 9.10. The maximum absolute atomic E-state index is 11.9. The number of anilines is 1. The molecule has 0 aliphatic rings. The number of aromatic amines is 1. The molecule has 0 saturated heterocycles. The monoisotopic (exact) mass is 313 g/mol. The first-order valence-corrected chi connectivity index (χ1v) is 6.01. The van der Waals surface area contributed by atoms with E-state index in [9.17, 15) is 4.79 Å². The van der Waals surface area contributed by atoms with Crippen LogP contribution in [0.25, 0.3) is 0 Å². The molecule has 1 heterocycles. The third-order valence-corrected chi connectivity index (χ3v) is 3.05. The zero-order valence-electron chi connectivity index (χ0n) is 8.92. The fourth-order valence-corrected chi connectivity index (χ4v) is 2.09. The average Bonchev–Trinajstić information content (AvgIpc) is 2.64. The maximum atomic E-state index is 11.9. The molecule has 2 N–H and O–H groups in total. The molecule has 0 atom stereocenters. The summed E-state index contributed by atoms with van der Waals surface area (Å²) < 4.78 is 0.830. The lowest BCUT2D eigenvalue weighted by molar-refractivity contribution is 0.102. The van der Waals surface area contributed by atoms with Gasteiger partial charge in [0.2, 0.25) is 0 Å². The van der Waals surface area contributed by atoms with Gasteiger partial charge in [-0.15, -0.1) is 0 Å². The number of nitrogens with zero attached hydrogens (tertiary/aromatic N) is 1. The van der Waals surface area contributed by atoms with Crippen molar-refractivity contribution in [1.82, 2.24) is 10.2 Å². The van der Waals surface area contributed by atoms with Crippen molar-refractivity contribution in [2.45, 2.75) is 6.92 Å². The number of aryl methyl sites for hydroxylation is 1. The summed E-state index contributed by atoms with van der Waals surface area (Å²) >= 11 is 9.27. The van der Waals surface area contributed by atoms with Gasteiger partial charge in [0.05, 0.1) is 16.8 Å². The molecule has 2 aromatic rings. The Kier molecular flexibility index (Phi) is 3.49. The molecule has 6 heteroatoms. The third kappa shape index (κ3) is 2.68. The van der Waals surface area contributed by atoms with E-state index in [4.69, 9.17) is 11.6 Å². The minimum Gasteiger partial charge on any atom is -0.307 e. The highest BCUT2D eigenvalue weighted by Gasteiger charge is 2.12. The number of aromatic nitrogens is 2. The Labute approximate surface area is 111 Å². The summed E-state index contributed by atoms with van der Waals surface area (Å²) in [5.74, 6) is 0.309. The van der Waals surface area contributed by atoms with Gasteiger partial charge in [-0.1, -0.05) is 27.5 Å². The first kappa shape index (κ1) is 12.1. The van der Waals surface area contributed by atoms with Crippen molar-refractivity contribution in [3.8, 4) is 0 Å². The Balaban J connectivity index is 2.23. The van der Waals surface area contributed by atoms with Crippen LogP contribution in [-0.4, -0.2) is 16.1 Å². The van der Waals surface area contributed by atoms with Crippen LogP contribution >= 0.6 is 27.5 Å². The van der Waals surface area contributed by atoms with E-state index < -0.39 is 0 Å². The second-order valence-corrected chi connectivity index (χ2v) is 4.83. The van der Waals surface area contributed by atoms with Crippen molar-refractivity contribution in [1.29, 1.82) is 0 Å². The largest absolute Gasteiger partial charge is 0.307 e. The third-order valence-electron chi connectivity index (χ3n) is 2.24. The smallest absolute Gasteiger partial charge is 0.258 e. The number of nitrogens with one attached hydrogen (secondary N) is 2. The van der Waals surface area contributed by atoms with Gasteiger partial charge in [0, 0.05) is 10.0 Å². The molecule has 0 spiro atoms. The predicted molar refractivity (Wildman–Crippen MR) is 70.4 cm³/mol. The number of hydrogen-bond donors (Lipinski definition) is 2. The van der Waals surface area contributed by atoms with Gasteiger partial charge in [0.25, 0.3) is 5.91 Å². The molecule has 0 radical (unpaired) electrons. The summed E-state index contributed by atoms with van der Waals surface area (Å²) in [6.07, 6.45) is 1.64. The average molecular weight is 315 g/mol. The van der Waals surface area contributed by atoms with E-state index >= 15 is 0 Å². The predicted octanol–water partition coefficient (Wildman–Crippen LogP) is 3.39. The quantitative estimate of drug-likeness (QED) is 0.892. The van der Waals surface area contributed by atoms with Gasteiger partial charge in [0.1, 0.15) is 5.82 Å². The van der Waals surface area contributed by atoms with E-state index in [1.165, 1.54) is 0 Å². The Bertz CT molecular complexity index is 568. The van der Waals surface area contributed by atoms with Crippen LogP contribution in [0.4, 0.5) is 5.82 Å². The standard InChI is InChI=1S/C11H9BrClN3O/c1-6-5-14-16-10(6)15-11(17)8-3-2-7(12)4-9(8)13/h2-5H,1H3,(H2,14,15,16,17). The lowest BCUT2D eigenvalue weighted by Crippen LogP contribution is -2.13. The number of hydrogen-bond acceptors (Lipinski definition) is 2. The molecule has 17 heavy (non-hydrogen) atoms. The normalized spacial score (nSPS) is 10.3. The molecule has 1 amide bonds. The van der Waals surface area contributed by atoms with Gasteiger partial charge in [-0.2, -0.15) is 5.10 Å². The molecule has 0 bridgehead atoms. The first-order valence-electron chi connectivity index (χ1n) is 4.84. The molecule has 2 rings (SSSR count). The molecule has 0 aliphatic heterocycles. The van der Waals surface area contributed by atoms with Gasteiger partial charge < -0.3 is 5.32 Å². The van der Waals surface area contributed by atoms with Gasteiger partial charge in [-0.25, -0.2) is 0 Å². The molecule has 0 saturated carbocycles. The van der Waals surface area contributed by atoms with Gasteiger partial charge in [-0.05, 0) is 25.1 Å². The van der Waals surface area contributed by atoms with Crippen LogP contribution in [0.5, 0.6) is 0 Å². The van der Waals surface area contributed by atoms with Crippen LogP contribution in [0.3, 0.4) is 0 Å². The number of carbonyl (C=O) groups is 1. The number of benzene rings is 1. The number of halogens is 2. The summed E-state index contributed by atoms with van der Waals surface area (Å²) in [5.41, 5.74) is 1.29. The highest BCUT2D eigenvalue weighted by atomic mass is 79.9. The molecule has 0 fully saturated rings. The van der Waals surface area contributed by atoms with Crippen molar-refractivity contribution in [2.75, 3.05) is 5.32 Å². The second kappa shape index (κ2) is 4.89. The summed E-state index contributed by atoms with van der Waals surface area (Å²) in [6, 6.07) is 5.10. The van der Waals surface area contributed by atoms with Crippen LogP contribution in [0, 0.1) is 6.92 Å². The van der Waals surface area contributed by atoms with Gasteiger partial charge in [0.15, 0.2) is 0 Å². The second-order valence-electron chi connectivity index (χ2n) is 3.51. The molecule has 1 aromatic heterocycles. The topological polar surface area (TPSA) is 57.8 Å². The molecular weight excluding hydrogens is 305 g/mol. The first-order chi connectivity index (χ1) is 8.08. The Hall–Kier alpha value is -1.33. The van der Waals surface area contributed by atoms with Gasteiger partial charge >= 0.3 is 0 Å². The zero-order valence-corrected chi connectivity index (χ0v) is 11.3. The number of amides is 1. The number of carbonyl (C=O) groups excluding carboxylic acids is 1. The summed E-state index contributed by atoms with van der Waals surface area (Å²) in [4.78, 5) is 11.9. The Morgan fingerprint density at radius 1 is 1.53 bits per heavy atom.